The highest BCUT2D eigenvalue weighted by Gasteiger charge is 2.16. The van der Waals surface area contributed by atoms with Crippen molar-refractivity contribution in [3.63, 3.8) is 0 Å². The SMILES string of the molecule is CCCCN(CCO)CC1CCNCC1.Cl. The van der Waals surface area contributed by atoms with Gasteiger partial charge < -0.3 is 15.3 Å². The summed E-state index contributed by atoms with van der Waals surface area (Å²) < 4.78 is 0. The molecule has 1 rings (SSSR count). The van der Waals surface area contributed by atoms with Gasteiger partial charge in [-0.15, -0.1) is 12.4 Å². The molecule has 0 aromatic rings. The van der Waals surface area contributed by atoms with Crippen LogP contribution in [0.5, 0.6) is 0 Å². The van der Waals surface area contributed by atoms with Crippen molar-refractivity contribution in [2.45, 2.75) is 32.6 Å². The van der Waals surface area contributed by atoms with E-state index in [4.69, 9.17) is 5.11 Å². The second-order valence-electron chi connectivity index (χ2n) is 4.57. The van der Waals surface area contributed by atoms with Crippen LogP contribution in [0.2, 0.25) is 0 Å². The lowest BCUT2D eigenvalue weighted by molar-refractivity contribution is 0.161. The van der Waals surface area contributed by atoms with Crippen molar-refractivity contribution in [1.82, 2.24) is 10.2 Å². The van der Waals surface area contributed by atoms with E-state index in [9.17, 15) is 0 Å². The maximum atomic E-state index is 9.01. The Morgan fingerprint density at radius 1 is 1.25 bits per heavy atom. The van der Waals surface area contributed by atoms with Crippen LogP contribution in [0.3, 0.4) is 0 Å². The van der Waals surface area contributed by atoms with Gasteiger partial charge in [-0.05, 0) is 44.8 Å². The van der Waals surface area contributed by atoms with E-state index in [-0.39, 0.29) is 12.4 Å². The maximum Gasteiger partial charge on any atom is 0.0558 e. The van der Waals surface area contributed by atoms with Crippen LogP contribution >= 0.6 is 12.4 Å². The van der Waals surface area contributed by atoms with Gasteiger partial charge in [-0.2, -0.15) is 0 Å². The third-order valence-corrected chi connectivity index (χ3v) is 3.22. The smallest absolute Gasteiger partial charge is 0.0558 e. The topological polar surface area (TPSA) is 35.5 Å². The van der Waals surface area contributed by atoms with E-state index in [0.717, 1.165) is 19.0 Å². The number of aliphatic hydroxyl groups is 1. The van der Waals surface area contributed by atoms with Crippen molar-refractivity contribution in [1.29, 1.82) is 0 Å². The first-order valence-electron chi connectivity index (χ1n) is 6.40. The molecule has 2 N–H and O–H groups in total. The average molecular weight is 251 g/mol. The summed E-state index contributed by atoms with van der Waals surface area (Å²) in [6.07, 6.45) is 5.10. The molecule has 0 aliphatic carbocycles. The van der Waals surface area contributed by atoms with Gasteiger partial charge in [0.05, 0.1) is 6.61 Å². The van der Waals surface area contributed by atoms with Gasteiger partial charge in [-0.3, -0.25) is 0 Å². The van der Waals surface area contributed by atoms with Crippen LogP contribution in [0.15, 0.2) is 0 Å². The fraction of sp³-hybridized carbons (Fsp3) is 1.00. The van der Waals surface area contributed by atoms with Crippen LogP contribution in [0, 0.1) is 5.92 Å². The molecule has 0 spiro atoms. The molecule has 0 aromatic carbocycles. The Labute approximate surface area is 106 Å². The zero-order valence-corrected chi connectivity index (χ0v) is 11.3. The van der Waals surface area contributed by atoms with Crippen molar-refractivity contribution < 1.29 is 5.11 Å². The molecule has 0 saturated carbocycles. The Kier molecular flexibility index (Phi) is 10.4. The van der Waals surface area contributed by atoms with Gasteiger partial charge in [0, 0.05) is 13.1 Å². The first kappa shape index (κ1) is 16.2. The van der Waals surface area contributed by atoms with E-state index in [1.165, 1.54) is 45.3 Å². The van der Waals surface area contributed by atoms with Crippen molar-refractivity contribution in [3.05, 3.63) is 0 Å². The summed E-state index contributed by atoms with van der Waals surface area (Å²) in [6, 6.07) is 0. The number of aliphatic hydroxyl groups excluding tert-OH is 1. The second-order valence-corrected chi connectivity index (χ2v) is 4.57. The van der Waals surface area contributed by atoms with Gasteiger partial charge in [-0.25, -0.2) is 0 Å². The first-order chi connectivity index (χ1) is 7.36. The van der Waals surface area contributed by atoms with E-state index in [0.29, 0.717) is 6.61 Å². The molecule has 16 heavy (non-hydrogen) atoms. The third-order valence-electron chi connectivity index (χ3n) is 3.22. The maximum absolute atomic E-state index is 9.01. The Morgan fingerprint density at radius 2 is 1.94 bits per heavy atom. The van der Waals surface area contributed by atoms with Crippen LogP contribution in [0.25, 0.3) is 0 Å². The Morgan fingerprint density at radius 3 is 2.50 bits per heavy atom. The first-order valence-corrected chi connectivity index (χ1v) is 6.40. The molecule has 1 aliphatic heterocycles. The predicted molar refractivity (Wildman–Crippen MR) is 71.3 cm³/mol. The van der Waals surface area contributed by atoms with Crippen LogP contribution < -0.4 is 5.32 Å². The van der Waals surface area contributed by atoms with Crippen LogP contribution in [0.1, 0.15) is 32.6 Å². The Balaban J connectivity index is 0.00000225. The van der Waals surface area contributed by atoms with E-state index in [1.807, 2.05) is 0 Å². The molecular weight excluding hydrogens is 224 g/mol. The zero-order chi connectivity index (χ0) is 10.9. The summed E-state index contributed by atoms with van der Waals surface area (Å²) in [6.45, 7) is 8.06. The predicted octanol–water partition coefficient (Wildman–Crippen LogP) is 1.50. The summed E-state index contributed by atoms with van der Waals surface area (Å²) in [5.74, 6) is 0.842. The molecule has 0 atom stereocenters. The molecule has 1 saturated heterocycles. The summed E-state index contributed by atoms with van der Waals surface area (Å²) in [4.78, 5) is 2.43. The third kappa shape index (κ3) is 6.69. The fourth-order valence-electron chi connectivity index (χ4n) is 2.25. The van der Waals surface area contributed by atoms with Gasteiger partial charge in [-0.1, -0.05) is 13.3 Å². The lowest BCUT2D eigenvalue weighted by Gasteiger charge is -2.29. The highest BCUT2D eigenvalue weighted by atomic mass is 35.5. The normalized spacial score (nSPS) is 17.4. The summed E-state index contributed by atoms with van der Waals surface area (Å²) in [5.41, 5.74) is 0. The molecule has 0 unspecified atom stereocenters. The lowest BCUT2D eigenvalue weighted by atomic mass is 9.97. The number of piperidine rings is 1. The summed E-state index contributed by atoms with van der Waals surface area (Å²) in [5, 5.41) is 12.4. The standard InChI is InChI=1S/C12H26N2O.ClH/c1-2-3-8-14(9-10-15)11-12-4-6-13-7-5-12;/h12-13,15H,2-11H2,1H3;1H. The van der Waals surface area contributed by atoms with Crippen molar-refractivity contribution >= 4 is 12.4 Å². The van der Waals surface area contributed by atoms with Gasteiger partial charge in [0.15, 0.2) is 0 Å². The van der Waals surface area contributed by atoms with Crippen LogP contribution in [0.4, 0.5) is 0 Å². The lowest BCUT2D eigenvalue weighted by Crippen LogP contribution is -2.37. The van der Waals surface area contributed by atoms with E-state index in [1.54, 1.807) is 0 Å². The molecule has 3 nitrogen and oxygen atoms in total. The van der Waals surface area contributed by atoms with Crippen molar-refractivity contribution in [3.8, 4) is 0 Å². The molecular formula is C12H27ClN2O. The molecule has 1 fully saturated rings. The number of halogens is 1. The highest BCUT2D eigenvalue weighted by molar-refractivity contribution is 5.85. The fourth-order valence-corrected chi connectivity index (χ4v) is 2.25. The minimum Gasteiger partial charge on any atom is -0.395 e. The number of nitrogens with one attached hydrogen (secondary N) is 1. The molecule has 0 radical (unpaired) electrons. The molecule has 0 bridgehead atoms. The minimum absolute atomic E-state index is 0. The van der Waals surface area contributed by atoms with E-state index >= 15 is 0 Å². The number of nitrogens with zero attached hydrogens (tertiary/aromatic N) is 1. The van der Waals surface area contributed by atoms with E-state index < -0.39 is 0 Å². The van der Waals surface area contributed by atoms with Crippen LogP contribution in [-0.4, -0.2) is 49.3 Å². The number of hydrogen-bond acceptors (Lipinski definition) is 3. The summed E-state index contributed by atoms with van der Waals surface area (Å²) >= 11 is 0. The molecule has 1 heterocycles. The number of unbranched alkanes of at least 4 members (excludes halogenated alkanes) is 1. The van der Waals surface area contributed by atoms with E-state index in [2.05, 4.69) is 17.1 Å². The van der Waals surface area contributed by atoms with Crippen molar-refractivity contribution in [2.75, 3.05) is 39.3 Å². The largest absolute Gasteiger partial charge is 0.395 e. The molecule has 1 aliphatic rings. The highest BCUT2D eigenvalue weighted by Crippen LogP contribution is 2.13. The Hall–Kier alpha value is 0.170. The minimum atomic E-state index is 0. The van der Waals surface area contributed by atoms with Crippen molar-refractivity contribution in [2.24, 2.45) is 5.92 Å². The van der Waals surface area contributed by atoms with Crippen LogP contribution in [-0.2, 0) is 0 Å². The summed E-state index contributed by atoms with van der Waals surface area (Å²) in [7, 11) is 0. The quantitative estimate of drug-likeness (QED) is 0.719. The second kappa shape index (κ2) is 10.3. The van der Waals surface area contributed by atoms with Gasteiger partial charge in [0.2, 0.25) is 0 Å². The number of hydrogen-bond donors (Lipinski definition) is 2. The molecule has 0 aromatic heterocycles. The zero-order valence-electron chi connectivity index (χ0n) is 10.5. The molecule has 98 valence electrons. The monoisotopic (exact) mass is 250 g/mol. The van der Waals surface area contributed by atoms with Gasteiger partial charge >= 0.3 is 0 Å². The van der Waals surface area contributed by atoms with Gasteiger partial charge in [0.1, 0.15) is 0 Å². The number of rotatable bonds is 7. The molecule has 0 amide bonds. The van der Waals surface area contributed by atoms with Gasteiger partial charge in [0.25, 0.3) is 0 Å². The molecule has 4 heteroatoms. The Bertz CT molecular complexity index is 152. The average Bonchev–Trinajstić information content (AvgIpc) is 2.28.